The van der Waals surface area contributed by atoms with E-state index in [1.807, 2.05) is 18.2 Å². The number of aromatic nitrogens is 1. The number of hydrogen-bond acceptors (Lipinski definition) is 3. The van der Waals surface area contributed by atoms with Crippen LogP contribution in [0.4, 0.5) is 5.82 Å². The fourth-order valence-electron chi connectivity index (χ4n) is 1.69. The first-order chi connectivity index (χ1) is 6.35. The molecule has 0 unspecified atom stereocenters. The Labute approximate surface area is 78.4 Å². The van der Waals surface area contributed by atoms with Crippen LogP contribution in [0, 0.1) is 0 Å². The summed E-state index contributed by atoms with van der Waals surface area (Å²) < 4.78 is 0. The molecule has 1 aliphatic rings. The lowest BCUT2D eigenvalue weighted by Crippen LogP contribution is -2.51. The van der Waals surface area contributed by atoms with Crippen LogP contribution < -0.4 is 11.1 Å². The Hall–Kier alpha value is -1.09. The summed E-state index contributed by atoms with van der Waals surface area (Å²) in [5.74, 6) is 0.938. The molecule has 0 aliphatic heterocycles. The van der Waals surface area contributed by atoms with Crippen molar-refractivity contribution in [1.29, 1.82) is 0 Å². The Morgan fingerprint density at radius 2 is 2.31 bits per heavy atom. The molecule has 1 aliphatic carbocycles. The van der Waals surface area contributed by atoms with Gasteiger partial charge in [-0.3, -0.25) is 0 Å². The first-order valence-corrected chi connectivity index (χ1v) is 4.74. The fourth-order valence-corrected chi connectivity index (χ4v) is 1.69. The summed E-state index contributed by atoms with van der Waals surface area (Å²) >= 11 is 0. The predicted octanol–water partition coefficient (Wildman–Crippen LogP) is 1.37. The number of nitrogens with zero attached hydrogens (tertiary/aromatic N) is 1. The van der Waals surface area contributed by atoms with E-state index in [9.17, 15) is 0 Å². The van der Waals surface area contributed by atoms with E-state index >= 15 is 0 Å². The second kappa shape index (κ2) is 3.34. The highest BCUT2D eigenvalue weighted by Gasteiger charge is 2.35. The van der Waals surface area contributed by atoms with Gasteiger partial charge < -0.3 is 11.1 Å². The molecule has 0 atom stereocenters. The molecule has 1 heterocycles. The number of hydrogen-bond donors (Lipinski definition) is 2. The standard InChI is InChI=1S/C10H15N3/c11-8-10(5-3-6-10)13-9-4-1-2-7-12-9/h1-2,4,7H,3,5-6,8,11H2,(H,12,13). The van der Waals surface area contributed by atoms with Crippen molar-refractivity contribution in [2.24, 2.45) is 5.73 Å². The highest BCUT2D eigenvalue weighted by molar-refractivity contribution is 5.38. The molecule has 0 aromatic carbocycles. The van der Waals surface area contributed by atoms with Crippen LogP contribution in [0.15, 0.2) is 24.4 Å². The Bertz CT molecular complexity index is 261. The SMILES string of the molecule is NCC1(Nc2ccccn2)CCC1. The van der Waals surface area contributed by atoms with Gasteiger partial charge in [0.05, 0.1) is 5.54 Å². The zero-order valence-corrected chi connectivity index (χ0v) is 7.66. The maximum Gasteiger partial charge on any atom is 0.126 e. The van der Waals surface area contributed by atoms with Gasteiger partial charge in [0.1, 0.15) is 5.82 Å². The minimum absolute atomic E-state index is 0.133. The summed E-state index contributed by atoms with van der Waals surface area (Å²) in [6, 6.07) is 5.88. The van der Waals surface area contributed by atoms with Crippen molar-refractivity contribution in [3.05, 3.63) is 24.4 Å². The molecule has 3 nitrogen and oxygen atoms in total. The van der Waals surface area contributed by atoms with Crippen LogP contribution in [0.25, 0.3) is 0 Å². The van der Waals surface area contributed by atoms with Crippen molar-refractivity contribution in [2.75, 3.05) is 11.9 Å². The summed E-state index contributed by atoms with van der Waals surface area (Å²) in [7, 11) is 0. The number of pyridine rings is 1. The number of rotatable bonds is 3. The smallest absolute Gasteiger partial charge is 0.126 e. The highest BCUT2D eigenvalue weighted by atomic mass is 15.1. The van der Waals surface area contributed by atoms with Crippen LogP contribution in [-0.4, -0.2) is 17.1 Å². The number of nitrogens with two attached hydrogens (primary N) is 1. The van der Waals surface area contributed by atoms with Crippen molar-refractivity contribution in [1.82, 2.24) is 4.98 Å². The Balaban J connectivity index is 2.05. The van der Waals surface area contributed by atoms with Gasteiger partial charge in [-0.05, 0) is 31.4 Å². The summed E-state index contributed by atoms with van der Waals surface area (Å²) in [6.45, 7) is 0.698. The average molecular weight is 177 g/mol. The molecule has 1 fully saturated rings. The van der Waals surface area contributed by atoms with Gasteiger partial charge in [0.2, 0.25) is 0 Å². The molecule has 0 spiro atoms. The van der Waals surface area contributed by atoms with Gasteiger partial charge in [-0.2, -0.15) is 0 Å². The van der Waals surface area contributed by atoms with E-state index in [1.54, 1.807) is 6.20 Å². The number of anilines is 1. The molecule has 13 heavy (non-hydrogen) atoms. The summed E-state index contributed by atoms with van der Waals surface area (Å²) in [5.41, 5.74) is 5.86. The second-order valence-corrected chi connectivity index (χ2v) is 3.68. The lowest BCUT2D eigenvalue weighted by atomic mass is 9.77. The molecular formula is C10H15N3. The Morgan fingerprint density at radius 1 is 1.46 bits per heavy atom. The summed E-state index contributed by atoms with van der Waals surface area (Å²) in [6.07, 6.45) is 5.41. The van der Waals surface area contributed by atoms with Gasteiger partial charge in [0.15, 0.2) is 0 Å². The molecule has 0 bridgehead atoms. The first-order valence-electron chi connectivity index (χ1n) is 4.74. The molecule has 0 saturated heterocycles. The van der Waals surface area contributed by atoms with Crippen molar-refractivity contribution >= 4 is 5.82 Å². The summed E-state index contributed by atoms with van der Waals surface area (Å²) in [5, 5.41) is 3.41. The van der Waals surface area contributed by atoms with Gasteiger partial charge in [0, 0.05) is 12.7 Å². The van der Waals surface area contributed by atoms with Gasteiger partial charge in [0.25, 0.3) is 0 Å². The van der Waals surface area contributed by atoms with E-state index in [0.29, 0.717) is 6.54 Å². The Kier molecular flexibility index (Phi) is 2.19. The predicted molar refractivity (Wildman–Crippen MR) is 53.5 cm³/mol. The van der Waals surface area contributed by atoms with Crippen LogP contribution >= 0.6 is 0 Å². The average Bonchev–Trinajstić information content (AvgIpc) is 2.13. The van der Waals surface area contributed by atoms with Gasteiger partial charge >= 0.3 is 0 Å². The van der Waals surface area contributed by atoms with Gasteiger partial charge in [-0.25, -0.2) is 4.98 Å². The minimum atomic E-state index is 0.133. The topological polar surface area (TPSA) is 50.9 Å². The van der Waals surface area contributed by atoms with E-state index in [0.717, 1.165) is 5.82 Å². The molecule has 0 radical (unpaired) electrons. The lowest BCUT2D eigenvalue weighted by Gasteiger charge is -2.42. The molecule has 3 N–H and O–H groups in total. The second-order valence-electron chi connectivity index (χ2n) is 3.68. The van der Waals surface area contributed by atoms with Crippen LogP contribution in [0.3, 0.4) is 0 Å². The van der Waals surface area contributed by atoms with E-state index < -0.39 is 0 Å². The zero-order valence-electron chi connectivity index (χ0n) is 7.66. The zero-order chi connectivity index (χ0) is 9.15. The lowest BCUT2D eigenvalue weighted by molar-refractivity contribution is 0.286. The van der Waals surface area contributed by atoms with Crippen LogP contribution in [0.1, 0.15) is 19.3 Å². The molecule has 3 heteroatoms. The fraction of sp³-hybridized carbons (Fsp3) is 0.500. The molecule has 1 aromatic heterocycles. The maximum absolute atomic E-state index is 5.73. The molecule has 1 saturated carbocycles. The van der Waals surface area contributed by atoms with Crippen LogP contribution in [-0.2, 0) is 0 Å². The van der Waals surface area contributed by atoms with Crippen molar-refractivity contribution in [2.45, 2.75) is 24.8 Å². The monoisotopic (exact) mass is 177 g/mol. The molecule has 1 aromatic rings. The maximum atomic E-state index is 5.73. The van der Waals surface area contributed by atoms with Crippen molar-refractivity contribution in [3.63, 3.8) is 0 Å². The normalized spacial score (nSPS) is 19.2. The molecular weight excluding hydrogens is 162 g/mol. The van der Waals surface area contributed by atoms with E-state index in [2.05, 4.69) is 10.3 Å². The summed E-state index contributed by atoms with van der Waals surface area (Å²) in [4.78, 5) is 4.23. The quantitative estimate of drug-likeness (QED) is 0.733. The van der Waals surface area contributed by atoms with E-state index in [1.165, 1.54) is 19.3 Å². The van der Waals surface area contributed by atoms with Crippen LogP contribution in [0.5, 0.6) is 0 Å². The van der Waals surface area contributed by atoms with Crippen molar-refractivity contribution in [3.8, 4) is 0 Å². The molecule has 0 amide bonds. The van der Waals surface area contributed by atoms with Gasteiger partial charge in [-0.15, -0.1) is 0 Å². The highest BCUT2D eigenvalue weighted by Crippen LogP contribution is 2.33. The third kappa shape index (κ3) is 1.65. The molecule has 70 valence electrons. The Morgan fingerprint density at radius 3 is 2.77 bits per heavy atom. The first kappa shape index (κ1) is 8.51. The van der Waals surface area contributed by atoms with E-state index in [-0.39, 0.29) is 5.54 Å². The minimum Gasteiger partial charge on any atom is -0.363 e. The largest absolute Gasteiger partial charge is 0.363 e. The van der Waals surface area contributed by atoms with Gasteiger partial charge in [-0.1, -0.05) is 6.07 Å². The molecule has 2 rings (SSSR count). The number of nitrogens with one attached hydrogen (secondary N) is 1. The van der Waals surface area contributed by atoms with Crippen molar-refractivity contribution < 1.29 is 0 Å². The third-order valence-electron chi connectivity index (χ3n) is 2.76. The third-order valence-corrected chi connectivity index (χ3v) is 2.76. The van der Waals surface area contributed by atoms with Crippen LogP contribution in [0.2, 0.25) is 0 Å². The van der Waals surface area contributed by atoms with E-state index in [4.69, 9.17) is 5.73 Å².